The fourth-order valence-electron chi connectivity index (χ4n) is 2.86. The van der Waals surface area contributed by atoms with Crippen molar-refractivity contribution in [3.63, 3.8) is 0 Å². The lowest BCUT2D eigenvalue weighted by molar-refractivity contribution is 0.103. The lowest BCUT2D eigenvalue weighted by Gasteiger charge is -2.10. The third kappa shape index (κ3) is 4.26. The minimum absolute atomic E-state index is 0.164. The smallest absolute Gasteiger partial charge is 0.308 e. The van der Waals surface area contributed by atoms with E-state index >= 15 is 0 Å². The minimum Gasteiger partial charge on any atom is -0.308 e. The van der Waals surface area contributed by atoms with E-state index in [2.05, 4.69) is 20.6 Å². The molecule has 1 aromatic heterocycles. The van der Waals surface area contributed by atoms with Gasteiger partial charge in [0.1, 0.15) is 5.82 Å². The maximum Gasteiger partial charge on any atom is 0.323 e. The summed E-state index contributed by atoms with van der Waals surface area (Å²) in [5.41, 5.74) is 2.07. The molecule has 4 rings (SSSR count). The number of carbonyl (C=O) groups excluding carboxylic acids is 2. The molecule has 0 saturated heterocycles. The molecule has 0 spiro atoms. The zero-order valence-corrected chi connectivity index (χ0v) is 16.2. The van der Waals surface area contributed by atoms with Crippen molar-refractivity contribution in [3.8, 4) is 0 Å². The van der Waals surface area contributed by atoms with E-state index in [1.807, 2.05) is 0 Å². The fraction of sp³-hybridized carbons (Fsp3) is 0. The summed E-state index contributed by atoms with van der Waals surface area (Å²) in [6.45, 7) is 0. The van der Waals surface area contributed by atoms with Crippen molar-refractivity contribution < 1.29 is 14.0 Å². The Morgan fingerprint density at radius 2 is 1.47 bits per heavy atom. The summed E-state index contributed by atoms with van der Waals surface area (Å²) >= 11 is 5.82. The van der Waals surface area contributed by atoms with Crippen molar-refractivity contribution >= 4 is 45.8 Å². The molecule has 2 N–H and O–H groups in total. The topological polar surface area (TPSA) is 84.0 Å². The van der Waals surface area contributed by atoms with Crippen molar-refractivity contribution in [3.05, 3.63) is 95.0 Å². The molecule has 30 heavy (non-hydrogen) atoms. The van der Waals surface area contributed by atoms with Crippen LogP contribution in [0.15, 0.2) is 73.1 Å². The number of nitrogens with zero attached hydrogens (tertiary/aromatic N) is 2. The number of aromatic nitrogens is 2. The van der Waals surface area contributed by atoms with Crippen LogP contribution in [0.3, 0.4) is 0 Å². The van der Waals surface area contributed by atoms with Crippen LogP contribution in [0.25, 0.3) is 11.0 Å². The number of anilines is 2. The van der Waals surface area contributed by atoms with E-state index < -0.39 is 17.6 Å². The molecule has 148 valence electrons. The van der Waals surface area contributed by atoms with Gasteiger partial charge in [0, 0.05) is 34.4 Å². The van der Waals surface area contributed by atoms with Crippen molar-refractivity contribution in [2.45, 2.75) is 0 Å². The van der Waals surface area contributed by atoms with E-state index in [4.69, 9.17) is 11.6 Å². The number of amides is 2. The molecule has 2 amide bonds. The Bertz CT molecular complexity index is 1260. The van der Waals surface area contributed by atoms with E-state index in [1.165, 1.54) is 18.3 Å². The van der Waals surface area contributed by atoms with Crippen molar-refractivity contribution in [2.24, 2.45) is 0 Å². The van der Waals surface area contributed by atoms with E-state index in [0.717, 1.165) is 6.07 Å². The van der Waals surface area contributed by atoms with Gasteiger partial charge in [-0.2, -0.15) is 0 Å². The number of rotatable bonds is 4. The number of hydrogen-bond acceptors (Lipinski definition) is 4. The number of benzene rings is 3. The van der Waals surface area contributed by atoms with Gasteiger partial charge in [-0.05, 0) is 60.7 Å². The second-order valence-electron chi connectivity index (χ2n) is 6.37. The number of urea groups is 1. The summed E-state index contributed by atoms with van der Waals surface area (Å²) in [7, 11) is 0. The van der Waals surface area contributed by atoms with Gasteiger partial charge in [-0.25, -0.2) is 9.18 Å². The predicted octanol–water partition coefficient (Wildman–Crippen LogP) is 5.30. The monoisotopic (exact) mass is 420 g/mol. The number of fused-ring (bicyclic) bond motifs is 1. The first-order valence-electron chi connectivity index (χ1n) is 8.88. The maximum atomic E-state index is 14.4. The zero-order valence-electron chi connectivity index (χ0n) is 15.4. The number of nitrogens with one attached hydrogen (secondary N) is 2. The van der Waals surface area contributed by atoms with Gasteiger partial charge in [0.15, 0.2) is 5.78 Å². The normalized spacial score (nSPS) is 10.6. The van der Waals surface area contributed by atoms with Gasteiger partial charge in [0.05, 0.1) is 16.6 Å². The molecule has 8 heteroatoms. The van der Waals surface area contributed by atoms with Crippen molar-refractivity contribution in [2.75, 3.05) is 10.6 Å². The first-order valence-corrected chi connectivity index (χ1v) is 9.26. The SMILES string of the molecule is O=C(Nc1ccc(Cl)cc1)Nc1ccc(F)c(C(=O)c2ccc3nccnc3c2)c1. The highest BCUT2D eigenvalue weighted by Crippen LogP contribution is 2.21. The molecule has 0 aliphatic carbocycles. The summed E-state index contributed by atoms with van der Waals surface area (Å²) in [4.78, 5) is 33.4. The molecule has 0 radical (unpaired) electrons. The molecule has 0 bridgehead atoms. The molecule has 6 nitrogen and oxygen atoms in total. The average Bonchev–Trinajstić information content (AvgIpc) is 2.76. The van der Waals surface area contributed by atoms with E-state index in [1.54, 1.807) is 48.7 Å². The Morgan fingerprint density at radius 1 is 0.800 bits per heavy atom. The molecule has 0 atom stereocenters. The summed E-state index contributed by atoms with van der Waals surface area (Å²) < 4.78 is 14.4. The molecule has 0 aliphatic rings. The van der Waals surface area contributed by atoms with Crippen LogP contribution in [0, 0.1) is 5.82 Å². The van der Waals surface area contributed by atoms with E-state index in [0.29, 0.717) is 21.7 Å². The molecule has 3 aromatic carbocycles. The Hall–Kier alpha value is -3.84. The highest BCUT2D eigenvalue weighted by Gasteiger charge is 2.16. The summed E-state index contributed by atoms with van der Waals surface area (Å²) in [6.07, 6.45) is 3.06. The predicted molar refractivity (Wildman–Crippen MR) is 113 cm³/mol. The third-order valence-electron chi connectivity index (χ3n) is 4.30. The highest BCUT2D eigenvalue weighted by molar-refractivity contribution is 6.30. The maximum absolute atomic E-state index is 14.4. The van der Waals surface area contributed by atoms with Gasteiger partial charge in [0.25, 0.3) is 0 Å². The van der Waals surface area contributed by atoms with Gasteiger partial charge in [-0.15, -0.1) is 0 Å². The van der Waals surface area contributed by atoms with Crippen LogP contribution in [0.4, 0.5) is 20.6 Å². The number of ketones is 1. The lowest BCUT2D eigenvalue weighted by Crippen LogP contribution is -2.19. The van der Waals surface area contributed by atoms with Crippen LogP contribution in [0.5, 0.6) is 0 Å². The minimum atomic E-state index is -0.692. The highest BCUT2D eigenvalue weighted by atomic mass is 35.5. The van der Waals surface area contributed by atoms with Gasteiger partial charge < -0.3 is 10.6 Å². The quantitative estimate of drug-likeness (QED) is 0.439. The molecular formula is C22H14ClFN4O2. The van der Waals surface area contributed by atoms with Crippen LogP contribution in [0.1, 0.15) is 15.9 Å². The molecular weight excluding hydrogens is 407 g/mol. The summed E-state index contributed by atoms with van der Waals surface area (Å²) in [5, 5.41) is 5.76. The number of carbonyl (C=O) groups is 2. The van der Waals surface area contributed by atoms with Gasteiger partial charge in [-0.3, -0.25) is 14.8 Å². The van der Waals surface area contributed by atoms with Crippen LogP contribution in [-0.4, -0.2) is 21.8 Å². The third-order valence-corrected chi connectivity index (χ3v) is 4.55. The molecule has 0 fully saturated rings. The second-order valence-corrected chi connectivity index (χ2v) is 6.81. The largest absolute Gasteiger partial charge is 0.323 e. The first kappa shape index (κ1) is 19.5. The van der Waals surface area contributed by atoms with Crippen LogP contribution < -0.4 is 10.6 Å². The molecule has 4 aromatic rings. The first-order chi connectivity index (χ1) is 14.5. The summed E-state index contributed by atoms with van der Waals surface area (Å²) in [6, 6.07) is 14.6. The molecule has 0 saturated carbocycles. The number of hydrogen-bond donors (Lipinski definition) is 2. The molecule has 1 heterocycles. The zero-order chi connectivity index (χ0) is 21.1. The Balaban J connectivity index is 1.55. The molecule has 0 unspecified atom stereocenters. The standard InChI is InChI=1S/C22H14ClFN4O2/c23-14-2-4-15(5-3-14)27-22(30)28-16-6-7-18(24)17(12-16)21(29)13-1-8-19-20(11-13)26-10-9-25-19/h1-12H,(H2,27,28,30). The lowest BCUT2D eigenvalue weighted by atomic mass is 10.0. The fourth-order valence-corrected chi connectivity index (χ4v) is 2.99. The van der Waals surface area contributed by atoms with E-state index in [9.17, 15) is 14.0 Å². The Morgan fingerprint density at radius 3 is 2.23 bits per heavy atom. The Kier molecular flexibility index (Phi) is 5.36. The second kappa shape index (κ2) is 8.26. The molecule has 0 aliphatic heterocycles. The number of halogens is 2. The van der Waals surface area contributed by atoms with Gasteiger partial charge in [-0.1, -0.05) is 11.6 Å². The van der Waals surface area contributed by atoms with Crippen LogP contribution >= 0.6 is 11.6 Å². The van der Waals surface area contributed by atoms with Crippen LogP contribution in [0.2, 0.25) is 5.02 Å². The Labute approximate surface area is 175 Å². The van der Waals surface area contributed by atoms with Crippen molar-refractivity contribution in [1.29, 1.82) is 0 Å². The van der Waals surface area contributed by atoms with Crippen LogP contribution in [-0.2, 0) is 0 Å². The van der Waals surface area contributed by atoms with Gasteiger partial charge >= 0.3 is 6.03 Å². The van der Waals surface area contributed by atoms with Gasteiger partial charge in [0.2, 0.25) is 0 Å². The summed E-state index contributed by atoms with van der Waals surface area (Å²) in [5.74, 6) is -1.22. The van der Waals surface area contributed by atoms with Crippen molar-refractivity contribution in [1.82, 2.24) is 9.97 Å². The van der Waals surface area contributed by atoms with E-state index in [-0.39, 0.29) is 16.8 Å². The average molecular weight is 421 g/mol.